The van der Waals surface area contributed by atoms with Crippen molar-refractivity contribution >= 4 is 56.0 Å². The van der Waals surface area contributed by atoms with Gasteiger partial charge in [-0.05, 0) is 58.7 Å². The number of benzene rings is 5. The molecule has 2 aromatic heterocycles. The highest BCUT2D eigenvalue weighted by Crippen LogP contribution is 2.35. The predicted octanol–water partition coefficient (Wildman–Crippen LogP) is 9.44. The van der Waals surface area contributed by atoms with Crippen molar-refractivity contribution in [3.63, 3.8) is 0 Å². The van der Waals surface area contributed by atoms with Crippen LogP contribution < -0.4 is 0 Å². The van der Waals surface area contributed by atoms with Crippen LogP contribution in [0, 0.1) is 0 Å². The van der Waals surface area contributed by atoms with Crippen LogP contribution in [0.15, 0.2) is 122 Å². The fourth-order valence-electron chi connectivity index (χ4n) is 5.61. The van der Waals surface area contributed by atoms with Crippen molar-refractivity contribution in [1.82, 2.24) is 9.13 Å². The summed E-state index contributed by atoms with van der Waals surface area (Å²) >= 11 is 0. The maximum atomic E-state index is 4.02. The largest absolute Gasteiger partial charge is 0.317 e. The maximum absolute atomic E-state index is 4.02. The second kappa shape index (κ2) is 7.86. The molecular weight excluding hydrogens is 436 g/mol. The molecule has 0 fully saturated rings. The zero-order chi connectivity index (χ0) is 24.2. The molecule has 0 aliphatic carbocycles. The minimum absolute atomic E-state index is 1.18. The number of nitrogens with zero attached hydrogens (tertiary/aromatic N) is 2. The zero-order valence-corrected chi connectivity index (χ0v) is 19.9. The van der Waals surface area contributed by atoms with Gasteiger partial charge in [-0.2, -0.15) is 0 Å². The lowest BCUT2D eigenvalue weighted by atomic mass is 9.98. The number of hydrogen-bond donors (Lipinski definition) is 0. The van der Waals surface area contributed by atoms with Crippen molar-refractivity contribution in [2.75, 3.05) is 0 Å². The van der Waals surface area contributed by atoms with E-state index in [1.54, 1.807) is 0 Å². The molecule has 2 nitrogen and oxygen atoms in total. The van der Waals surface area contributed by atoms with Crippen LogP contribution >= 0.6 is 0 Å². The second-order valence-corrected chi connectivity index (χ2v) is 9.18. The normalized spacial score (nSPS) is 11.6. The lowest BCUT2D eigenvalue weighted by Gasteiger charge is -2.07. The molecule has 0 bridgehead atoms. The van der Waals surface area contributed by atoms with Gasteiger partial charge in [0.1, 0.15) is 0 Å². The van der Waals surface area contributed by atoms with E-state index in [-0.39, 0.29) is 0 Å². The summed E-state index contributed by atoms with van der Waals surface area (Å²) in [5, 5.41) is 4.99. The van der Waals surface area contributed by atoms with Crippen LogP contribution in [0.4, 0.5) is 0 Å². The van der Waals surface area contributed by atoms with Crippen molar-refractivity contribution in [2.24, 2.45) is 0 Å². The lowest BCUT2D eigenvalue weighted by Crippen LogP contribution is -1.85. The first-order valence-electron chi connectivity index (χ1n) is 12.2. The summed E-state index contributed by atoms with van der Waals surface area (Å²) in [4.78, 5) is 0. The zero-order valence-electron chi connectivity index (χ0n) is 19.9. The van der Waals surface area contributed by atoms with Gasteiger partial charge < -0.3 is 9.13 Å². The van der Waals surface area contributed by atoms with Gasteiger partial charge in [0, 0.05) is 33.9 Å². The van der Waals surface area contributed by atoms with Crippen LogP contribution in [0.3, 0.4) is 0 Å². The van der Waals surface area contributed by atoms with Crippen molar-refractivity contribution in [3.8, 4) is 22.3 Å². The molecule has 2 heteroatoms. The second-order valence-electron chi connectivity index (χ2n) is 9.18. The number of fused-ring (bicyclic) bond motifs is 6. The summed E-state index contributed by atoms with van der Waals surface area (Å²) < 4.78 is 4.33. The summed E-state index contributed by atoms with van der Waals surface area (Å²) in [6, 6.07) is 39.3. The number of aromatic nitrogens is 2. The van der Waals surface area contributed by atoms with Crippen LogP contribution in [-0.2, 0) is 0 Å². The van der Waals surface area contributed by atoms with Gasteiger partial charge in [-0.1, -0.05) is 86.0 Å². The van der Waals surface area contributed by atoms with Crippen molar-refractivity contribution in [2.45, 2.75) is 0 Å². The SMILES string of the molecule is C=Cn1c2ccccc2c2cc(-c3ccc(-c4ccc5c(c4)c4ccccc4n5C=C)cc3)ccc21. The Hall–Kier alpha value is -4.82. The summed E-state index contributed by atoms with van der Waals surface area (Å²) in [6.07, 6.45) is 3.78. The third-order valence-corrected chi connectivity index (χ3v) is 7.34. The van der Waals surface area contributed by atoms with Gasteiger partial charge in [0.15, 0.2) is 0 Å². The van der Waals surface area contributed by atoms with E-state index < -0.39 is 0 Å². The first-order chi connectivity index (χ1) is 17.8. The highest BCUT2D eigenvalue weighted by atomic mass is 15.0. The molecule has 0 radical (unpaired) electrons. The molecule has 0 spiro atoms. The topological polar surface area (TPSA) is 9.86 Å². The highest BCUT2D eigenvalue weighted by molar-refractivity contribution is 6.11. The quantitative estimate of drug-likeness (QED) is 0.247. The van der Waals surface area contributed by atoms with Crippen LogP contribution in [0.1, 0.15) is 0 Å². The molecule has 0 N–H and O–H groups in total. The fraction of sp³-hybridized carbons (Fsp3) is 0. The molecule has 0 aliphatic rings. The van der Waals surface area contributed by atoms with E-state index in [4.69, 9.17) is 0 Å². The highest BCUT2D eigenvalue weighted by Gasteiger charge is 2.12. The molecule has 0 saturated heterocycles. The fourth-order valence-corrected chi connectivity index (χ4v) is 5.61. The van der Waals surface area contributed by atoms with Gasteiger partial charge in [-0.3, -0.25) is 0 Å². The summed E-state index contributed by atoms with van der Waals surface area (Å²) in [5.41, 5.74) is 9.57. The average Bonchev–Trinajstić information content (AvgIpc) is 3.44. The first kappa shape index (κ1) is 20.5. The Bertz CT molecular complexity index is 1820. The third-order valence-electron chi connectivity index (χ3n) is 7.34. The van der Waals surface area contributed by atoms with E-state index in [1.807, 2.05) is 12.4 Å². The Labute approximate surface area is 209 Å². The van der Waals surface area contributed by atoms with Gasteiger partial charge in [0.25, 0.3) is 0 Å². The minimum atomic E-state index is 1.18. The van der Waals surface area contributed by atoms with E-state index in [0.29, 0.717) is 0 Å². The Balaban J connectivity index is 1.31. The van der Waals surface area contributed by atoms with E-state index in [0.717, 1.165) is 0 Å². The molecule has 0 amide bonds. The molecular formula is C34H24N2. The lowest BCUT2D eigenvalue weighted by molar-refractivity contribution is 1.30. The van der Waals surface area contributed by atoms with E-state index in [1.165, 1.54) is 65.9 Å². The molecule has 0 atom stereocenters. The third kappa shape index (κ3) is 2.91. The number of hydrogen-bond acceptors (Lipinski definition) is 0. The Morgan fingerprint density at radius 1 is 0.389 bits per heavy atom. The van der Waals surface area contributed by atoms with Gasteiger partial charge >= 0.3 is 0 Å². The van der Waals surface area contributed by atoms with Crippen LogP contribution in [0.5, 0.6) is 0 Å². The van der Waals surface area contributed by atoms with E-state index in [9.17, 15) is 0 Å². The molecule has 170 valence electrons. The number of rotatable bonds is 4. The molecule has 5 aromatic carbocycles. The molecule has 7 rings (SSSR count). The minimum Gasteiger partial charge on any atom is -0.317 e. The molecule has 36 heavy (non-hydrogen) atoms. The van der Waals surface area contributed by atoms with Crippen LogP contribution in [-0.4, -0.2) is 9.13 Å². The first-order valence-corrected chi connectivity index (χ1v) is 12.2. The van der Waals surface area contributed by atoms with Crippen molar-refractivity contribution in [3.05, 3.63) is 122 Å². The summed E-state index contributed by atoms with van der Waals surface area (Å²) in [5.74, 6) is 0. The maximum Gasteiger partial charge on any atom is 0.0535 e. The Kier molecular flexibility index (Phi) is 4.49. The van der Waals surface area contributed by atoms with Gasteiger partial charge in [-0.15, -0.1) is 0 Å². The van der Waals surface area contributed by atoms with E-state index >= 15 is 0 Å². The Morgan fingerprint density at radius 2 is 0.750 bits per heavy atom. The van der Waals surface area contributed by atoms with E-state index in [2.05, 4.69) is 131 Å². The Morgan fingerprint density at radius 3 is 1.17 bits per heavy atom. The smallest absolute Gasteiger partial charge is 0.0535 e. The molecule has 0 saturated carbocycles. The van der Waals surface area contributed by atoms with Gasteiger partial charge in [0.2, 0.25) is 0 Å². The van der Waals surface area contributed by atoms with Crippen LogP contribution in [0.25, 0.3) is 78.3 Å². The van der Waals surface area contributed by atoms with Crippen molar-refractivity contribution < 1.29 is 0 Å². The van der Waals surface area contributed by atoms with Gasteiger partial charge in [0.05, 0.1) is 22.1 Å². The summed E-state index contributed by atoms with van der Waals surface area (Å²) in [7, 11) is 0. The molecule has 0 unspecified atom stereocenters. The van der Waals surface area contributed by atoms with Crippen molar-refractivity contribution in [1.29, 1.82) is 0 Å². The van der Waals surface area contributed by atoms with Gasteiger partial charge in [-0.25, -0.2) is 0 Å². The average molecular weight is 461 g/mol. The summed E-state index contributed by atoms with van der Waals surface area (Å²) in [6.45, 7) is 8.04. The standard InChI is InChI=1S/C34H24N2/c1-3-35-31-11-7-5-9-27(31)29-21-25(17-19-33(29)35)23-13-15-24(16-14-23)26-18-20-34-30(22-26)28-10-6-8-12-32(28)36(34)4-2/h3-22H,1-2H2. The molecule has 2 heterocycles. The predicted molar refractivity (Wildman–Crippen MR) is 156 cm³/mol. The number of para-hydroxylation sites is 2. The van der Waals surface area contributed by atoms with Crippen LogP contribution in [0.2, 0.25) is 0 Å². The monoisotopic (exact) mass is 460 g/mol. The molecule has 7 aromatic rings. The molecule has 0 aliphatic heterocycles.